The van der Waals surface area contributed by atoms with E-state index in [1.807, 2.05) is 12.1 Å². The number of aryl methyl sites for hydroxylation is 1. The molecule has 1 atom stereocenters. The second-order valence-electron chi connectivity index (χ2n) is 4.59. The molecule has 3 N–H and O–H groups in total. The molecule has 0 fully saturated rings. The summed E-state index contributed by atoms with van der Waals surface area (Å²) in [5.74, 6) is 5.51. The smallest absolute Gasteiger partial charge is 0.165 e. The van der Waals surface area contributed by atoms with Crippen molar-refractivity contribution in [3.05, 3.63) is 65.0 Å². The summed E-state index contributed by atoms with van der Waals surface area (Å²) in [7, 11) is 1.45. The lowest BCUT2D eigenvalue weighted by Crippen LogP contribution is -2.29. The van der Waals surface area contributed by atoms with E-state index in [2.05, 4.69) is 24.5 Å². The Labute approximate surface area is 118 Å². The average Bonchev–Trinajstić information content (AvgIpc) is 2.50. The maximum Gasteiger partial charge on any atom is 0.165 e. The van der Waals surface area contributed by atoms with Crippen LogP contribution in [0.2, 0.25) is 0 Å². The lowest BCUT2D eigenvalue weighted by Gasteiger charge is -2.18. The molecular formula is C16H19FN2O. The standard InChI is InChI=1S/C16H19FN2O/c1-3-11-5-4-6-12(9-11)16(19-18)13-7-8-14(17)15(10-13)20-2/h4-10,16,19H,3,18H2,1-2H3. The Bertz CT molecular complexity index is 586. The van der Waals surface area contributed by atoms with Gasteiger partial charge in [0.1, 0.15) is 0 Å². The van der Waals surface area contributed by atoms with Crippen LogP contribution in [-0.2, 0) is 6.42 Å². The van der Waals surface area contributed by atoms with Crippen molar-refractivity contribution < 1.29 is 9.13 Å². The molecule has 0 spiro atoms. The summed E-state index contributed by atoms with van der Waals surface area (Å²) in [6.45, 7) is 2.10. The summed E-state index contributed by atoms with van der Waals surface area (Å²) in [6, 6.07) is 12.7. The molecule has 2 rings (SSSR count). The Kier molecular flexibility index (Phi) is 4.71. The topological polar surface area (TPSA) is 47.3 Å². The number of ether oxygens (including phenoxy) is 1. The van der Waals surface area contributed by atoms with E-state index in [0.29, 0.717) is 0 Å². The Hall–Kier alpha value is -1.91. The Morgan fingerprint density at radius 2 is 1.95 bits per heavy atom. The third kappa shape index (κ3) is 2.98. The molecule has 0 radical (unpaired) electrons. The second kappa shape index (κ2) is 6.50. The van der Waals surface area contributed by atoms with Crippen LogP contribution in [0.5, 0.6) is 5.75 Å². The highest BCUT2D eigenvalue weighted by molar-refractivity contribution is 5.38. The molecule has 0 heterocycles. The fraction of sp³-hybridized carbons (Fsp3) is 0.250. The highest BCUT2D eigenvalue weighted by Gasteiger charge is 2.15. The van der Waals surface area contributed by atoms with Gasteiger partial charge in [-0.1, -0.05) is 37.3 Å². The van der Waals surface area contributed by atoms with Crippen LogP contribution >= 0.6 is 0 Å². The summed E-state index contributed by atoms with van der Waals surface area (Å²) in [6.07, 6.45) is 0.956. The largest absolute Gasteiger partial charge is 0.494 e. The van der Waals surface area contributed by atoms with Crippen LogP contribution in [-0.4, -0.2) is 7.11 Å². The molecular weight excluding hydrogens is 255 g/mol. The molecule has 0 aliphatic carbocycles. The number of nitrogens with two attached hydrogens (primary N) is 1. The summed E-state index contributed by atoms with van der Waals surface area (Å²) in [4.78, 5) is 0. The van der Waals surface area contributed by atoms with Gasteiger partial charge in [0, 0.05) is 0 Å². The van der Waals surface area contributed by atoms with Crippen molar-refractivity contribution in [2.24, 2.45) is 5.84 Å². The van der Waals surface area contributed by atoms with Crippen molar-refractivity contribution >= 4 is 0 Å². The van der Waals surface area contributed by atoms with Gasteiger partial charge in [-0.15, -0.1) is 0 Å². The number of nitrogens with one attached hydrogen (secondary N) is 1. The number of hydrogen-bond acceptors (Lipinski definition) is 3. The van der Waals surface area contributed by atoms with E-state index in [4.69, 9.17) is 10.6 Å². The minimum atomic E-state index is -0.380. The molecule has 1 unspecified atom stereocenters. The first kappa shape index (κ1) is 14.5. The fourth-order valence-corrected chi connectivity index (χ4v) is 2.23. The van der Waals surface area contributed by atoms with E-state index in [9.17, 15) is 4.39 Å². The molecule has 0 saturated heterocycles. The van der Waals surface area contributed by atoms with Crippen LogP contribution in [0.25, 0.3) is 0 Å². The third-order valence-electron chi connectivity index (χ3n) is 3.37. The first-order valence-electron chi connectivity index (χ1n) is 6.58. The van der Waals surface area contributed by atoms with E-state index in [1.54, 1.807) is 12.1 Å². The Morgan fingerprint density at radius 3 is 2.60 bits per heavy atom. The van der Waals surface area contributed by atoms with Crippen molar-refractivity contribution in [2.45, 2.75) is 19.4 Å². The van der Waals surface area contributed by atoms with Gasteiger partial charge in [-0.05, 0) is 35.2 Å². The molecule has 0 aliphatic heterocycles. The number of halogens is 1. The van der Waals surface area contributed by atoms with Gasteiger partial charge < -0.3 is 4.74 Å². The Balaban J connectivity index is 2.41. The summed E-state index contributed by atoms with van der Waals surface area (Å²) in [5.41, 5.74) is 5.91. The molecule has 0 aromatic heterocycles. The van der Waals surface area contributed by atoms with Gasteiger partial charge in [-0.2, -0.15) is 0 Å². The minimum absolute atomic E-state index is 0.198. The van der Waals surface area contributed by atoms with E-state index in [1.165, 1.54) is 18.7 Å². The van der Waals surface area contributed by atoms with Crippen molar-refractivity contribution in [3.8, 4) is 5.75 Å². The average molecular weight is 274 g/mol. The number of methoxy groups -OCH3 is 1. The summed E-state index contributed by atoms with van der Waals surface area (Å²) < 4.78 is 18.5. The van der Waals surface area contributed by atoms with Gasteiger partial charge >= 0.3 is 0 Å². The van der Waals surface area contributed by atoms with E-state index < -0.39 is 0 Å². The van der Waals surface area contributed by atoms with Crippen molar-refractivity contribution in [1.82, 2.24) is 5.43 Å². The van der Waals surface area contributed by atoms with Crippen molar-refractivity contribution in [2.75, 3.05) is 7.11 Å². The lowest BCUT2D eigenvalue weighted by molar-refractivity contribution is 0.385. The van der Waals surface area contributed by atoms with E-state index in [-0.39, 0.29) is 17.6 Å². The van der Waals surface area contributed by atoms with Gasteiger partial charge in [-0.25, -0.2) is 9.82 Å². The zero-order valence-electron chi connectivity index (χ0n) is 11.7. The van der Waals surface area contributed by atoms with Crippen LogP contribution in [0.1, 0.15) is 29.7 Å². The normalized spacial score (nSPS) is 12.2. The van der Waals surface area contributed by atoms with Crippen LogP contribution in [0.4, 0.5) is 4.39 Å². The van der Waals surface area contributed by atoms with Crippen LogP contribution in [0.15, 0.2) is 42.5 Å². The highest BCUT2D eigenvalue weighted by Crippen LogP contribution is 2.27. The maximum absolute atomic E-state index is 13.5. The fourth-order valence-electron chi connectivity index (χ4n) is 2.23. The van der Waals surface area contributed by atoms with Crippen LogP contribution in [0.3, 0.4) is 0 Å². The highest BCUT2D eigenvalue weighted by atomic mass is 19.1. The van der Waals surface area contributed by atoms with Gasteiger partial charge in [-0.3, -0.25) is 5.84 Å². The number of hydrogen-bond donors (Lipinski definition) is 2. The molecule has 0 aliphatic rings. The first-order valence-corrected chi connectivity index (χ1v) is 6.58. The molecule has 0 saturated carbocycles. The van der Waals surface area contributed by atoms with Gasteiger partial charge in [0.15, 0.2) is 11.6 Å². The zero-order chi connectivity index (χ0) is 14.5. The maximum atomic E-state index is 13.5. The minimum Gasteiger partial charge on any atom is -0.494 e. The molecule has 106 valence electrons. The first-order chi connectivity index (χ1) is 9.69. The lowest BCUT2D eigenvalue weighted by atomic mass is 9.97. The van der Waals surface area contributed by atoms with Crippen LogP contribution in [0, 0.1) is 5.82 Å². The Morgan fingerprint density at radius 1 is 1.20 bits per heavy atom. The molecule has 0 amide bonds. The molecule has 0 bridgehead atoms. The third-order valence-corrected chi connectivity index (χ3v) is 3.37. The molecule has 3 nitrogen and oxygen atoms in total. The van der Waals surface area contributed by atoms with Crippen molar-refractivity contribution in [1.29, 1.82) is 0 Å². The van der Waals surface area contributed by atoms with E-state index >= 15 is 0 Å². The molecule has 2 aromatic carbocycles. The van der Waals surface area contributed by atoms with E-state index in [0.717, 1.165) is 17.5 Å². The SMILES string of the molecule is CCc1cccc(C(NN)c2ccc(F)c(OC)c2)c1. The van der Waals surface area contributed by atoms with Crippen LogP contribution < -0.4 is 16.0 Å². The summed E-state index contributed by atoms with van der Waals surface area (Å²) in [5, 5.41) is 0. The van der Waals surface area contributed by atoms with Gasteiger partial charge in [0.25, 0.3) is 0 Å². The quantitative estimate of drug-likeness (QED) is 0.651. The van der Waals surface area contributed by atoms with Gasteiger partial charge in [0.2, 0.25) is 0 Å². The number of rotatable bonds is 5. The monoisotopic (exact) mass is 274 g/mol. The van der Waals surface area contributed by atoms with Gasteiger partial charge in [0.05, 0.1) is 13.2 Å². The van der Waals surface area contributed by atoms with Crippen molar-refractivity contribution in [3.63, 3.8) is 0 Å². The predicted octanol–water partition coefficient (Wildman–Crippen LogP) is 2.95. The predicted molar refractivity (Wildman–Crippen MR) is 77.9 cm³/mol. The molecule has 2 aromatic rings. The molecule has 4 heteroatoms. The second-order valence-corrected chi connectivity index (χ2v) is 4.59. The number of benzene rings is 2. The zero-order valence-corrected chi connectivity index (χ0v) is 11.7. The summed E-state index contributed by atoms with van der Waals surface area (Å²) >= 11 is 0. The number of hydrazine groups is 1. The molecule has 20 heavy (non-hydrogen) atoms.